The molecule has 0 saturated carbocycles. The molecule has 3 rings (SSSR count). The Morgan fingerprint density at radius 1 is 1.14 bits per heavy atom. The van der Waals surface area contributed by atoms with E-state index in [1.807, 2.05) is 24.3 Å². The molecule has 0 aliphatic heterocycles. The lowest BCUT2D eigenvalue weighted by molar-refractivity contribution is -0.0514. The number of nitrogens with zero attached hydrogens (tertiary/aromatic N) is 1. The molecule has 0 bridgehead atoms. The predicted octanol–water partition coefficient (Wildman–Crippen LogP) is 4.23. The topological polar surface area (TPSA) is 47.1 Å². The normalized spacial score (nSPS) is 11.1. The molecule has 0 amide bonds. The Bertz CT molecular complexity index is 754. The Labute approximate surface area is 125 Å². The van der Waals surface area contributed by atoms with E-state index in [1.54, 1.807) is 19.1 Å². The molecule has 4 nitrogen and oxygen atoms in total. The van der Waals surface area contributed by atoms with Crippen LogP contribution in [0.25, 0.3) is 22.4 Å². The van der Waals surface area contributed by atoms with Crippen molar-refractivity contribution < 1.29 is 18.3 Å². The summed E-state index contributed by atoms with van der Waals surface area (Å²) < 4.78 is 34.6. The van der Waals surface area contributed by atoms with Gasteiger partial charge in [-0.25, -0.2) is 4.98 Å². The maximum absolute atomic E-state index is 12.4. The second kappa shape index (κ2) is 6.01. The van der Waals surface area contributed by atoms with Crippen LogP contribution in [-0.4, -0.2) is 23.2 Å². The van der Waals surface area contributed by atoms with Gasteiger partial charge in [-0.2, -0.15) is 8.78 Å². The highest BCUT2D eigenvalue weighted by Gasteiger charge is 2.13. The fourth-order valence-electron chi connectivity index (χ4n) is 2.21. The minimum absolute atomic E-state index is 0.0108. The largest absolute Gasteiger partial charge is 0.490 e. The number of imidazole rings is 1. The number of hydrogen-bond donors (Lipinski definition) is 1. The number of fused-ring (bicyclic) bond motifs is 1. The van der Waals surface area contributed by atoms with Gasteiger partial charge in [0, 0.05) is 5.56 Å². The number of halogens is 2. The van der Waals surface area contributed by atoms with Crippen LogP contribution in [0.15, 0.2) is 42.5 Å². The molecule has 1 heterocycles. The lowest BCUT2D eigenvalue weighted by atomic mass is 10.2. The summed E-state index contributed by atoms with van der Waals surface area (Å²) in [7, 11) is 0. The Kier molecular flexibility index (Phi) is 3.91. The van der Waals surface area contributed by atoms with Crippen LogP contribution in [0.2, 0.25) is 0 Å². The van der Waals surface area contributed by atoms with E-state index in [4.69, 9.17) is 4.74 Å². The molecule has 1 aromatic heterocycles. The number of ether oxygens (including phenoxy) is 2. The van der Waals surface area contributed by atoms with Crippen LogP contribution in [0.3, 0.4) is 0 Å². The number of nitrogens with one attached hydrogen (secondary N) is 1. The molecular formula is C16H14F2N2O2. The maximum atomic E-state index is 12.4. The smallest absolute Gasteiger partial charge is 0.387 e. The number of benzene rings is 2. The molecule has 0 saturated heterocycles. The molecule has 2 aromatic carbocycles. The summed E-state index contributed by atoms with van der Waals surface area (Å²) in [6, 6.07) is 12.4. The van der Waals surface area contributed by atoms with Gasteiger partial charge in [-0.1, -0.05) is 12.1 Å². The van der Waals surface area contributed by atoms with Gasteiger partial charge in [0.05, 0.1) is 17.6 Å². The van der Waals surface area contributed by atoms with Gasteiger partial charge in [-0.3, -0.25) is 0 Å². The quantitative estimate of drug-likeness (QED) is 0.767. The molecule has 0 atom stereocenters. The standard InChI is InChI=1S/C16H14F2N2O2/c1-2-21-14-9-10(7-8-13(14)22-16(17)18)15-19-11-5-3-4-6-12(11)20-15/h3-9,16H,2H2,1H3,(H,19,20). The highest BCUT2D eigenvalue weighted by molar-refractivity contribution is 5.79. The average molecular weight is 304 g/mol. The van der Waals surface area contributed by atoms with Crippen LogP contribution in [0.1, 0.15) is 6.92 Å². The zero-order valence-corrected chi connectivity index (χ0v) is 11.8. The third-order valence-electron chi connectivity index (χ3n) is 3.12. The minimum atomic E-state index is -2.89. The SMILES string of the molecule is CCOc1cc(-c2nc3ccccc3[nH]2)ccc1OC(F)F. The predicted molar refractivity (Wildman–Crippen MR) is 79.3 cm³/mol. The highest BCUT2D eigenvalue weighted by Crippen LogP contribution is 2.33. The number of aromatic nitrogens is 2. The number of rotatable bonds is 5. The van der Waals surface area contributed by atoms with E-state index in [2.05, 4.69) is 14.7 Å². The molecule has 0 unspecified atom stereocenters. The van der Waals surface area contributed by atoms with Gasteiger partial charge in [-0.15, -0.1) is 0 Å². The van der Waals surface area contributed by atoms with Crippen molar-refractivity contribution in [3.8, 4) is 22.9 Å². The van der Waals surface area contributed by atoms with Crippen molar-refractivity contribution in [1.82, 2.24) is 9.97 Å². The summed E-state index contributed by atoms with van der Waals surface area (Å²) in [5.74, 6) is 0.920. The Balaban J connectivity index is 2.01. The summed E-state index contributed by atoms with van der Waals surface area (Å²) in [5, 5.41) is 0. The lowest BCUT2D eigenvalue weighted by Gasteiger charge is -2.12. The van der Waals surface area contributed by atoms with Crippen molar-refractivity contribution in [2.24, 2.45) is 0 Å². The van der Waals surface area contributed by atoms with Gasteiger partial charge in [-0.05, 0) is 37.3 Å². The first-order valence-corrected chi connectivity index (χ1v) is 6.84. The first kappa shape index (κ1) is 14.3. The van der Waals surface area contributed by atoms with E-state index in [0.29, 0.717) is 12.4 Å². The second-order valence-corrected chi connectivity index (χ2v) is 4.58. The molecule has 0 radical (unpaired) electrons. The van der Waals surface area contributed by atoms with Crippen LogP contribution in [0, 0.1) is 0 Å². The van der Waals surface area contributed by atoms with Gasteiger partial charge in [0.25, 0.3) is 0 Å². The highest BCUT2D eigenvalue weighted by atomic mass is 19.3. The van der Waals surface area contributed by atoms with Gasteiger partial charge >= 0.3 is 6.61 Å². The summed E-state index contributed by atoms with van der Waals surface area (Å²) in [4.78, 5) is 7.66. The van der Waals surface area contributed by atoms with Crippen molar-refractivity contribution in [2.45, 2.75) is 13.5 Å². The van der Waals surface area contributed by atoms with Gasteiger partial charge < -0.3 is 14.5 Å². The van der Waals surface area contributed by atoms with Crippen molar-refractivity contribution >= 4 is 11.0 Å². The zero-order chi connectivity index (χ0) is 15.5. The van der Waals surface area contributed by atoms with Crippen LogP contribution < -0.4 is 9.47 Å². The van der Waals surface area contributed by atoms with E-state index in [0.717, 1.165) is 16.6 Å². The molecule has 114 valence electrons. The first-order valence-electron chi connectivity index (χ1n) is 6.84. The molecule has 0 spiro atoms. The average Bonchev–Trinajstić information content (AvgIpc) is 2.92. The molecule has 3 aromatic rings. The first-order chi connectivity index (χ1) is 10.7. The number of H-pyrrole nitrogens is 1. The van der Waals surface area contributed by atoms with E-state index in [9.17, 15) is 8.78 Å². The monoisotopic (exact) mass is 304 g/mol. The molecule has 0 aliphatic carbocycles. The van der Waals surface area contributed by atoms with Crippen LogP contribution >= 0.6 is 0 Å². The van der Waals surface area contributed by atoms with Gasteiger partial charge in [0.15, 0.2) is 11.5 Å². The minimum Gasteiger partial charge on any atom is -0.490 e. The van der Waals surface area contributed by atoms with Crippen molar-refractivity contribution in [3.63, 3.8) is 0 Å². The van der Waals surface area contributed by atoms with Crippen molar-refractivity contribution in [1.29, 1.82) is 0 Å². The van der Waals surface area contributed by atoms with Crippen LogP contribution in [-0.2, 0) is 0 Å². The van der Waals surface area contributed by atoms with Crippen LogP contribution in [0.4, 0.5) is 8.78 Å². The fourth-order valence-corrected chi connectivity index (χ4v) is 2.21. The third-order valence-corrected chi connectivity index (χ3v) is 3.12. The molecule has 0 fully saturated rings. The summed E-state index contributed by atoms with van der Waals surface area (Å²) >= 11 is 0. The van der Waals surface area contributed by atoms with Crippen molar-refractivity contribution in [2.75, 3.05) is 6.61 Å². The fraction of sp³-hybridized carbons (Fsp3) is 0.188. The van der Waals surface area contributed by atoms with Gasteiger partial charge in [0.1, 0.15) is 5.82 Å². The Hall–Kier alpha value is -2.63. The number of para-hydroxylation sites is 2. The van der Waals surface area contributed by atoms with E-state index in [1.165, 1.54) is 6.07 Å². The summed E-state index contributed by atoms with van der Waals surface area (Å²) in [6.45, 7) is -0.764. The summed E-state index contributed by atoms with van der Waals surface area (Å²) in [5.41, 5.74) is 2.48. The Morgan fingerprint density at radius 2 is 1.95 bits per heavy atom. The maximum Gasteiger partial charge on any atom is 0.387 e. The second-order valence-electron chi connectivity index (χ2n) is 4.58. The summed E-state index contributed by atoms with van der Waals surface area (Å²) in [6.07, 6.45) is 0. The number of alkyl halides is 2. The van der Waals surface area contributed by atoms with Crippen molar-refractivity contribution in [3.05, 3.63) is 42.5 Å². The molecule has 1 N–H and O–H groups in total. The molecule has 0 aliphatic rings. The van der Waals surface area contributed by atoms with E-state index in [-0.39, 0.29) is 11.5 Å². The Morgan fingerprint density at radius 3 is 2.68 bits per heavy atom. The number of hydrogen-bond acceptors (Lipinski definition) is 3. The van der Waals surface area contributed by atoms with E-state index >= 15 is 0 Å². The van der Waals surface area contributed by atoms with Crippen LogP contribution in [0.5, 0.6) is 11.5 Å². The molecular weight excluding hydrogens is 290 g/mol. The third kappa shape index (κ3) is 2.86. The molecule has 6 heteroatoms. The van der Waals surface area contributed by atoms with E-state index < -0.39 is 6.61 Å². The number of aromatic amines is 1. The molecule has 22 heavy (non-hydrogen) atoms. The zero-order valence-electron chi connectivity index (χ0n) is 11.8. The lowest BCUT2D eigenvalue weighted by Crippen LogP contribution is -2.04. The van der Waals surface area contributed by atoms with Gasteiger partial charge in [0.2, 0.25) is 0 Å².